The van der Waals surface area contributed by atoms with E-state index in [1.165, 1.54) is 18.2 Å². The number of phenolic OH excluding ortho intramolecular Hbond substituents is 1. The van der Waals surface area contributed by atoms with Crippen molar-refractivity contribution < 1.29 is 14.7 Å². The topological polar surface area (TPSA) is 57.6 Å². The molecular formula is C24H16ClNO3. The van der Waals surface area contributed by atoms with Crippen molar-refractivity contribution in [1.29, 1.82) is 0 Å². The predicted molar refractivity (Wildman–Crippen MR) is 109 cm³/mol. The highest BCUT2D eigenvalue weighted by Gasteiger charge is 2.62. The molecule has 2 bridgehead atoms. The van der Waals surface area contributed by atoms with Crippen LogP contribution >= 0.6 is 11.6 Å². The highest BCUT2D eigenvalue weighted by atomic mass is 35.5. The summed E-state index contributed by atoms with van der Waals surface area (Å²) in [6.07, 6.45) is 0. The lowest BCUT2D eigenvalue weighted by atomic mass is 9.55. The van der Waals surface area contributed by atoms with E-state index in [-0.39, 0.29) is 35.1 Å². The number of anilines is 1. The van der Waals surface area contributed by atoms with Crippen LogP contribution in [0, 0.1) is 11.8 Å². The predicted octanol–water partition coefficient (Wildman–Crippen LogP) is 4.44. The lowest BCUT2D eigenvalue weighted by molar-refractivity contribution is -0.122. The Balaban J connectivity index is 1.58. The zero-order valence-electron chi connectivity index (χ0n) is 15.2. The minimum absolute atomic E-state index is 0.128. The van der Waals surface area contributed by atoms with E-state index in [2.05, 4.69) is 24.3 Å². The molecule has 3 aromatic carbocycles. The lowest BCUT2D eigenvalue weighted by Crippen LogP contribution is -2.41. The third kappa shape index (κ3) is 2.04. The van der Waals surface area contributed by atoms with Crippen molar-refractivity contribution in [1.82, 2.24) is 0 Å². The zero-order valence-corrected chi connectivity index (χ0v) is 16.0. The summed E-state index contributed by atoms with van der Waals surface area (Å²) in [5, 5.41) is 10.7. The van der Waals surface area contributed by atoms with Gasteiger partial charge in [0.2, 0.25) is 11.8 Å². The van der Waals surface area contributed by atoms with Crippen LogP contribution in [-0.2, 0) is 9.59 Å². The number of halogens is 1. The number of nitrogens with zero attached hydrogens (tertiary/aromatic N) is 1. The average Bonchev–Trinajstić information content (AvgIpc) is 3.01. The van der Waals surface area contributed by atoms with Crippen molar-refractivity contribution in [3.8, 4) is 5.75 Å². The minimum Gasteiger partial charge on any atom is -0.506 e. The number of aromatic hydroxyl groups is 1. The molecule has 0 spiro atoms. The SMILES string of the molecule is O=C1C2C3c4ccccc4C(c4ccccc43)C2C(=O)N1c1cc(Cl)ccc1O. The highest BCUT2D eigenvalue weighted by Crippen LogP contribution is 2.61. The molecule has 3 aromatic rings. The van der Waals surface area contributed by atoms with Crippen LogP contribution in [0.5, 0.6) is 5.75 Å². The van der Waals surface area contributed by atoms with Gasteiger partial charge in [0.15, 0.2) is 0 Å². The van der Waals surface area contributed by atoms with E-state index in [9.17, 15) is 14.7 Å². The molecule has 7 rings (SSSR count). The molecule has 1 aliphatic heterocycles. The number of carbonyl (C=O) groups excluding carboxylic acids is 2. The average molecular weight is 402 g/mol. The summed E-state index contributed by atoms with van der Waals surface area (Å²) in [5.41, 5.74) is 4.65. The Labute approximate surface area is 172 Å². The summed E-state index contributed by atoms with van der Waals surface area (Å²) in [4.78, 5) is 28.3. The van der Waals surface area contributed by atoms with Crippen LogP contribution in [0.25, 0.3) is 0 Å². The first kappa shape index (κ1) is 16.8. The molecule has 0 radical (unpaired) electrons. The van der Waals surface area contributed by atoms with Gasteiger partial charge in [0.25, 0.3) is 0 Å². The van der Waals surface area contributed by atoms with Gasteiger partial charge in [-0.15, -0.1) is 0 Å². The van der Waals surface area contributed by atoms with Crippen LogP contribution < -0.4 is 4.90 Å². The molecule has 2 amide bonds. The summed E-state index contributed by atoms with van der Waals surface area (Å²) < 4.78 is 0. The van der Waals surface area contributed by atoms with Gasteiger partial charge in [-0.2, -0.15) is 0 Å². The van der Waals surface area contributed by atoms with Gasteiger partial charge in [0.1, 0.15) is 5.75 Å². The Morgan fingerprint density at radius 1 is 0.724 bits per heavy atom. The summed E-state index contributed by atoms with van der Waals surface area (Å²) in [6.45, 7) is 0. The van der Waals surface area contributed by atoms with Crippen LogP contribution in [0.1, 0.15) is 34.1 Å². The second-order valence-corrected chi connectivity index (χ2v) is 8.35. The number of hydrogen-bond acceptors (Lipinski definition) is 3. The van der Waals surface area contributed by atoms with Crippen molar-refractivity contribution in [2.24, 2.45) is 11.8 Å². The van der Waals surface area contributed by atoms with E-state index in [1.54, 1.807) is 0 Å². The Morgan fingerprint density at radius 3 is 1.62 bits per heavy atom. The van der Waals surface area contributed by atoms with Gasteiger partial charge in [-0.25, -0.2) is 4.90 Å². The van der Waals surface area contributed by atoms with E-state index < -0.39 is 11.8 Å². The molecule has 1 saturated heterocycles. The fraction of sp³-hybridized carbons (Fsp3) is 0.167. The standard InChI is InChI=1S/C24H16ClNO3/c25-12-9-10-18(27)17(11-12)26-23(28)21-19-13-5-1-2-6-14(13)20(22(21)24(26)29)16-8-4-3-7-15(16)19/h1-11,19-22,27H. The third-order valence-corrected chi connectivity index (χ3v) is 6.86. The van der Waals surface area contributed by atoms with Gasteiger partial charge in [0, 0.05) is 16.9 Å². The molecule has 1 heterocycles. The van der Waals surface area contributed by atoms with Gasteiger partial charge >= 0.3 is 0 Å². The smallest absolute Gasteiger partial charge is 0.238 e. The first-order chi connectivity index (χ1) is 14.1. The molecule has 2 atom stereocenters. The normalized spacial score (nSPS) is 26.3. The first-order valence-electron chi connectivity index (χ1n) is 9.62. The number of carbonyl (C=O) groups is 2. The van der Waals surface area contributed by atoms with Gasteiger partial charge in [0.05, 0.1) is 17.5 Å². The van der Waals surface area contributed by atoms with E-state index >= 15 is 0 Å². The molecule has 0 aromatic heterocycles. The highest BCUT2D eigenvalue weighted by molar-refractivity contribution is 6.31. The summed E-state index contributed by atoms with van der Waals surface area (Å²) in [6, 6.07) is 20.6. The summed E-state index contributed by atoms with van der Waals surface area (Å²) in [5.74, 6) is -1.95. The monoisotopic (exact) mass is 401 g/mol. The molecular weight excluding hydrogens is 386 g/mol. The van der Waals surface area contributed by atoms with Crippen molar-refractivity contribution >= 4 is 29.1 Å². The Bertz CT molecular complexity index is 1100. The fourth-order valence-electron chi connectivity index (χ4n) is 5.59. The molecule has 3 aliphatic carbocycles. The van der Waals surface area contributed by atoms with Gasteiger partial charge in [-0.05, 0) is 40.5 Å². The van der Waals surface area contributed by atoms with Gasteiger partial charge in [-0.3, -0.25) is 9.59 Å². The molecule has 2 unspecified atom stereocenters. The maximum Gasteiger partial charge on any atom is 0.238 e. The number of amides is 2. The van der Waals surface area contributed by atoms with E-state index in [0.717, 1.165) is 27.2 Å². The van der Waals surface area contributed by atoms with Crippen molar-refractivity contribution in [2.45, 2.75) is 11.8 Å². The van der Waals surface area contributed by atoms with E-state index in [0.29, 0.717) is 5.02 Å². The van der Waals surface area contributed by atoms with Gasteiger partial charge in [-0.1, -0.05) is 60.1 Å². The van der Waals surface area contributed by atoms with E-state index in [1.807, 2.05) is 24.3 Å². The Hall–Kier alpha value is -3.11. The van der Waals surface area contributed by atoms with Crippen molar-refractivity contribution in [3.05, 3.63) is 94.0 Å². The second kappa shape index (κ2) is 5.71. The number of rotatable bonds is 1. The maximum absolute atomic E-state index is 13.6. The van der Waals surface area contributed by atoms with Crippen LogP contribution in [0.2, 0.25) is 5.02 Å². The molecule has 4 aliphatic rings. The second-order valence-electron chi connectivity index (χ2n) is 7.91. The van der Waals surface area contributed by atoms with Crippen LogP contribution in [0.4, 0.5) is 5.69 Å². The van der Waals surface area contributed by atoms with Crippen molar-refractivity contribution in [3.63, 3.8) is 0 Å². The molecule has 0 saturated carbocycles. The number of benzene rings is 3. The summed E-state index contributed by atoms with van der Waals surface area (Å²) in [7, 11) is 0. The molecule has 1 N–H and O–H groups in total. The number of imide groups is 1. The Morgan fingerprint density at radius 2 is 1.17 bits per heavy atom. The molecule has 1 fully saturated rings. The lowest BCUT2D eigenvalue weighted by Gasteiger charge is -2.45. The summed E-state index contributed by atoms with van der Waals surface area (Å²) >= 11 is 6.10. The first-order valence-corrected chi connectivity index (χ1v) is 9.99. The van der Waals surface area contributed by atoms with Crippen LogP contribution in [-0.4, -0.2) is 16.9 Å². The van der Waals surface area contributed by atoms with Crippen molar-refractivity contribution in [2.75, 3.05) is 4.90 Å². The van der Waals surface area contributed by atoms with Gasteiger partial charge < -0.3 is 5.11 Å². The molecule has 4 nitrogen and oxygen atoms in total. The van der Waals surface area contributed by atoms with E-state index in [4.69, 9.17) is 11.6 Å². The zero-order chi connectivity index (χ0) is 19.9. The molecule has 29 heavy (non-hydrogen) atoms. The van der Waals surface area contributed by atoms with Crippen LogP contribution in [0.15, 0.2) is 66.7 Å². The maximum atomic E-state index is 13.6. The fourth-order valence-corrected chi connectivity index (χ4v) is 5.76. The largest absolute Gasteiger partial charge is 0.506 e. The minimum atomic E-state index is -0.476. The quantitative estimate of drug-likeness (QED) is 0.613. The number of phenols is 1. The molecule has 5 heteroatoms. The third-order valence-electron chi connectivity index (χ3n) is 6.63. The van der Waals surface area contributed by atoms with Crippen LogP contribution in [0.3, 0.4) is 0 Å². The Kier molecular flexibility index (Phi) is 3.31. The molecule has 142 valence electrons. The number of hydrogen-bond donors (Lipinski definition) is 1.